The molecule has 2 aromatic carbocycles. The molecule has 0 aliphatic rings. The molecule has 0 aliphatic carbocycles. The van der Waals surface area contributed by atoms with Crippen molar-refractivity contribution in [3.05, 3.63) is 86.0 Å². The highest BCUT2D eigenvalue weighted by Gasteiger charge is 2.30. The van der Waals surface area contributed by atoms with E-state index in [0.717, 1.165) is 11.3 Å². The summed E-state index contributed by atoms with van der Waals surface area (Å²) in [5.41, 5.74) is 3.13. The summed E-state index contributed by atoms with van der Waals surface area (Å²) in [4.78, 5) is 63.1. The number of aliphatic carboxylic acids is 1. The number of rotatable bonds is 9. The first kappa shape index (κ1) is 31.5. The van der Waals surface area contributed by atoms with E-state index < -0.39 is 41.4 Å². The van der Waals surface area contributed by atoms with Gasteiger partial charge in [0, 0.05) is 22.3 Å². The van der Waals surface area contributed by atoms with Gasteiger partial charge in [0.2, 0.25) is 0 Å². The fourth-order valence-corrected chi connectivity index (χ4v) is 4.61. The van der Waals surface area contributed by atoms with Gasteiger partial charge in [-0.2, -0.15) is 0 Å². The minimum Gasteiger partial charge on any atom is -0.480 e. The van der Waals surface area contributed by atoms with Crippen LogP contribution in [0.1, 0.15) is 63.6 Å². The quantitative estimate of drug-likeness (QED) is 0.186. The molecule has 0 fully saturated rings. The second kappa shape index (κ2) is 13.5. The molecule has 4 N–H and O–H groups in total. The number of carbonyl (C=O) groups excluding carboxylic acids is 4. The lowest BCUT2D eigenvalue weighted by Crippen LogP contribution is -2.52. The van der Waals surface area contributed by atoms with Crippen LogP contribution in [0.2, 0.25) is 0 Å². The Kier molecular flexibility index (Phi) is 10.4. The van der Waals surface area contributed by atoms with Crippen LogP contribution in [0.5, 0.6) is 0 Å². The van der Waals surface area contributed by atoms with Crippen molar-refractivity contribution < 1.29 is 33.8 Å². The van der Waals surface area contributed by atoms with Gasteiger partial charge in [0.1, 0.15) is 11.6 Å². The van der Waals surface area contributed by atoms with E-state index in [-0.39, 0.29) is 27.0 Å². The largest absolute Gasteiger partial charge is 0.480 e. The van der Waals surface area contributed by atoms with E-state index in [4.69, 9.17) is 4.74 Å². The molecule has 0 unspecified atom stereocenters. The predicted molar refractivity (Wildman–Crippen MR) is 157 cm³/mol. The molecule has 1 heterocycles. The molecule has 11 nitrogen and oxygen atoms in total. The van der Waals surface area contributed by atoms with E-state index in [1.807, 2.05) is 0 Å². The maximum Gasteiger partial charge on any atom is 0.412 e. The zero-order valence-electron chi connectivity index (χ0n) is 22.7. The van der Waals surface area contributed by atoms with Gasteiger partial charge >= 0.3 is 12.1 Å². The van der Waals surface area contributed by atoms with Crippen LogP contribution in [0.25, 0.3) is 0 Å². The molecule has 0 saturated heterocycles. The van der Waals surface area contributed by atoms with Crippen molar-refractivity contribution in [2.75, 3.05) is 5.32 Å². The number of thiophene rings is 1. The number of hydrogen-bond acceptors (Lipinski definition) is 8. The third-order valence-corrected chi connectivity index (χ3v) is 6.90. The number of para-hydroxylation sites is 1. The van der Waals surface area contributed by atoms with Crippen molar-refractivity contribution in [2.24, 2.45) is 0 Å². The minimum atomic E-state index is -1.25. The number of anilines is 1. The van der Waals surface area contributed by atoms with Gasteiger partial charge in [-0.3, -0.25) is 24.5 Å². The second-order valence-corrected chi connectivity index (χ2v) is 11.6. The Balaban J connectivity index is 1.75. The third-order valence-electron chi connectivity index (χ3n) is 5.39. The number of carboxylic acids is 1. The standard InChI is InChI=1S/C28H29BrN4O7S/c1-16(26(37)38)32-33(25(36)22-10-7-13-41-22)24(35)19-12-11-17(14-20(19)29)23(34)30-15-18-8-5-6-9-21(18)31-27(39)40-28(2,3)4/h5-14,16,32H,15H2,1-4H3,(H,30,34)(H,31,39)(H,37,38)/t16-/m0/s1. The average Bonchev–Trinajstić information content (AvgIpc) is 3.44. The number of hydrogen-bond donors (Lipinski definition) is 4. The smallest absolute Gasteiger partial charge is 0.412 e. The van der Waals surface area contributed by atoms with Crippen LogP contribution in [-0.4, -0.2) is 51.5 Å². The van der Waals surface area contributed by atoms with Gasteiger partial charge in [0.25, 0.3) is 17.7 Å². The van der Waals surface area contributed by atoms with E-state index in [9.17, 15) is 29.1 Å². The van der Waals surface area contributed by atoms with Crippen LogP contribution in [0.15, 0.2) is 64.5 Å². The Labute approximate surface area is 249 Å². The Morgan fingerprint density at radius 3 is 2.34 bits per heavy atom. The van der Waals surface area contributed by atoms with Gasteiger partial charge < -0.3 is 15.2 Å². The van der Waals surface area contributed by atoms with Crippen molar-refractivity contribution >= 4 is 62.7 Å². The van der Waals surface area contributed by atoms with Gasteiger partial charge in [-0.15, -0.1) is 11.3 Å². The maximum absolute atomic E-state index is 13.3. The fourth-order valence-electron chi connectivity index (χ4n) is 3.41. The van der Waals surface area contributed by atoms with Gasteiger partial charge in [-0.25, -0.2) is 15.2 Å². The summed E-state index contributed by atoms with van der Waals surface area (Å²) in [5.74, 6) is -3.24. The lowest BCUT2D eigenvalue weighted by atomic mass is 10.1. The number of nitrogens with zero attached hydrogens (tertiary/aromatic N) is 1. The van der Waals surface area contributed by atoms with Gasteiger partial charge in [-0.1, -0.05) is 24.3 Å². The number of carbonyl (C=O) groups is 5. The van der Waals surface area contributed by atoms with E-state index in [1.165, 1.54) is 31.2 Å². The summed E-state index contributed by atoms with van der Waals surface area (Å²) in [6, 6.07) is 13.0. The van der Waals surface area contributed by atoms with Gasteiger partial charge in [-0.05, 0) is 84.9 Å². The number of ether oxygens (including phenoxy) is 1. The highest BCUT2D eigenvalue weighted by atomic mass is 79.9. The average molecular weight is 646 g/mol. The van der Waals surface area contributed by atoms with E-state index >= 15 is 0 Å². The molecular formula is C28H29BrN4O7S. The van der Waals surface area contributed by atoms with Gasteiger partial charge in [0.15, 0.2) is 0 Å². The molecule has 0 radical (unpaired) electrons. The van der Waals surface area contributed by atoms with Crippen LogP contribution in [0.3, 0.4) is 0 Å². The topological polar surface area (TPSA) is 154 Å². The van der Waals surface area contributed by atoms with Crippen molar-refractivity contribution in [1.29, 1.82) is 0 Å². The van der Waals surface area contributed by atoms with Crippen LogP contribution in [0.4, 0.5) is 10.5 Å². The first-order valence-corrected chi connectivity index (χ1v) is 14.0. The Morgan fingerprint density at radius 2 is 1.73 bits per heavy atom. The Hall–Kier alpha value is -4.07. The van der Waals surface area contributed by atoms with E-state index in [2.05, 4.69) is 32.0 Å². The number of amides is 4. The Morgan fingerprint density at radius 1 is 1.02 bits per heavy atom. The number of halogens is 1. The van der Waals surface area contributed by atoms with E-state index in [0.29, 0.717) is 16.3 Å². The zero-order valence-corrected chi connectivity index (χ0v) is 25.1. The monoisotopic (exact) mass is 644 g/mol. The summed E-state index contributed by atoms with van der Waals surface area (Å²) in [6.45, 7) is 6.64. The van der Waals surface area contributed by atoms with Crippen molar-refractivity contribution in [3.63, 3.8) is 0 Å². The van der Waals surface area contributed by atoms with Crippen LogP contribution in [0, 0.1) is 0 Å². The van der Waals surface area contributed by atoms with Gasteiger partial charge in [0.05, 0.1) is 10.4 Å². The molecule has 216 valence electrons. The van der Waals surface area contributed by atoms with Crippen molar-refractivity contribution in [3.8, 4) is 0 Å². The molecular weight excluding hydrogens is 616 g/mol. The summed E-state index contributed by atoms with van der Waals surface area (Å²) < 4.78 is 5.51. The van der Waals surface area contributed by atoms with E-state index in [1.54, 1.807) is 56.5 Å². The molecule has 3 aromatic rings. The molecule has 3 rings (SSSR count). The lowest BCUT2D eigenvalue weighted by Gasteiger charge is -2.24. The molecule has 41 heavy (non-hydrogen) atoms. The molecule has 1 atom stereocenters. The third kappa shape index (κ3) is 8.71. The van der Waals surface area contributed by atoms with Crippen molar-refractivity contribution in [2.45, 2.75) is 45.9 Å². The maximum atomic E-state index is 13.3. The number of imide groups is 1. The molecule has 0 bridgehead atoms. The summed E-state index contributed by atoms with van der Waals surface area (Å²) in [5, 5.41) is 17.1. The first-order chi connectivity index (χ1) is 19.3. The van der Waals surface area contributed by atoms with Crippen molar-refractivity contribution in [1.82, 2.24) is 15.8 Å². The number of nitrogens with one attached hydrogen (secondary N) is 3. The highest BCUT2D eigenvalue weighted by molar-refractivity contribution is 9.10. The van der Waals surface area contributed by atoms with Crippen LogP contribution < -0.4 is 16.1 Å². The predicted octanol–water partition coefficient (Wildman–Crippen LogP) is 5.05. The molecule has 0 aliphatic heterocycles. The molecule has 0 saturated carbocycles. The molecule has 13 heteroatoms. The van der Waals surface area contributed by atoms with Crippen LogP contribution >= 0.6 is 27.3 Å². The first-order valence-electron chi connectivity index (χ1n) is 12.3. The number of benzene rings is 2. The zero-order chi connectivity index (χ0) is 30.3. The summed E-state index contributed by atoms with van der Waals surface area (Å²) in [6.07, 6.45) is -0.626. The SMILES string of the molecule is C[C@H](NN(C(=O)c1cccs1)C(=O)c1ccc(C(=O)NCc2ccccc2NC(=O)OC(C)(C)C)cc1Br)C(=O)O. The number of carboxylic acid groups (broad SMARTS) is 1. The molecule has 4 amide bonds. The number of hydrazine groups is 1. The molecule has 1 aromatic heterocycles. The second-order valence-electron chi connectivity index (χ2n) is 9.77. The normalized spacial score (nSPS) is 11.7. The summed E-state index contributed by atoms with van der Waals surface area (Å²) >= 11 is 4.40. The fraction of sp³-hybridized carbons (Fsp3) is 0.250. The minimum absolute atomic E-state index is 0.0310. The van der Waals surface area contributed by atoms with Crippen LogP contribution in [-0.2, 0) is 16.1 Å². The summed E-state index contributed by atoms with van der Waals surface area (Å²) in [7, 11) is 0. The highest BCUT2D eigenvalue weighted by Crippen LogP contribution is 2.23. The Bertz CT molecular complexity index is 1450. The molecule has 0 spiro atoms. The lowest BCUT2D eigenvalue weighted by molar-refractivity contribution is -0.139.